The second-order valence-corrected chi connectivity index (χ2v) is 5.82. The molecule has 0 saturated heterocycles. The van der Waals surface area contributed by atoms with Crippen molar-refractivity contribution < 1.29 is 19.1 Å². The highest BCUT2D eigenvalue weighted by Crippen LogP contribution is 2.11. The number of rotatable bonds is 7. The Hall–Kier alpha value is -3.36. The van der Waals surface area contributed by atoms with Gasteiger partial charge in [0.05, 0.1) is 18.8 Å². The molecule has 0 aliphatic carbocycles. The molecule has 1 aromatic heterocycles. The summed E-state index contributed by atoms with van der Waals surface area (Å²) in [6, 6.07) is 8.42. The molecule has 0 atom stereocenters. The Morgan fingerprint density at radius 1 is 1.07 bits per heavy atom. The molecule has 0 bridgehead atoms. The predicted octanol–water partition coefficient (Wildman–Crippen LogP) is 0.476. The number of amides is 3. The minimum atomic E-state index is -0.545. The summed E-state index contributed by atoms with van der Waals surface area (Å²) in [6.45, 7) is 5.79. The van der Waals surface area contributed by atoms with E-state index in [-0.39, 0.29) is 13.1 Å². The van der Waals surface area contributed by atoms with E-state index >= 15 is 0 Å². The zero-order chi connectivity index (χ0) is 19.8. The normalized spacial score (nSPS) is 10.2. The van der Waals surface area contributed by atoms with Crippen LogP contribution in [0.3, 0.4) is 0 Å². The number of hydrazine groups is 1. The van der Waals surface area contributed by atoms with Crippen LogP contribution in [0, 0.1) is 13.8 Å². The van der Waals surface area contributed by atoms with Crippen LogP contribution in [0.2, 0.25) is 0 Å². The molecule has 0 saturated carbocycles. The topological polar surface area (TPSA) is 114 Å². The van der Waals surface area contributed by atoms with Gasteiger partial charge in [-0.3, -0.25) is 29.9 Å². The highest BCUT2D eigenvalue weighted by atomic mass is 16.5. The third-order valence-corrected chi connectivity index (χ3v) is 3.58. The molecule has 1 aromatic carbocycles. The van der Waals surface area contributed by atoms with Crippen molar-refractivity contribution >= 4 is 17.7 Å². The van der Waals surface area contributed by atoms with Gasteiger partial charge in [0.25, 0.3) is 17.7 Å². The molecule has 144 valence electrons. The van der Waals surface area contributed by atoms with E-state index in [9.17, 15) is 14.4 Å². The fourth-order valence-corrected chi connectivity index (χ4v) is 2.33. The van der Waals surface area contributed by atoms with E-state index in [0.717, 1.165) is 11.4 Å². The van der Waals surface area contributed by atoms with Crippen LogP contribution in [0.5, 0.6) is 5.75 Å². The zero-order valence-electron chi connectivity index (χ0n) is 15.5. The van der Waals surface area contributed by atoms with E-state index in [1.54, 1.807) is 24.3 Å². The molecule has 0 unspecified atom stereocenters. The van der Waals surface area contributed by atoms with E-state index in [2.05, 4.69) is 21.3 Å². The number of nitrogens with one attached hydrogen (secondary N) is 3. The summed E-state index contributed by atoms with van der Waals surface area (Å²) < 4.78 is 6.83. The summed E-state index contributed by atoms with van der Waals surface area (Å²) in [7, 11) is 0. The van der Waals surface area contributed by atoms with E-state index in [1.807, 2.05) is 26.8 Å². The Morgan fingerprint density at radius 3 is 2.33 bits per heavy atom. The molecule has 2 rings (SSSR count). The second kappa shape index (κ2) is 9.37. The molecule has 0 spiro atoms. The number of hydrogen-bond acceptors (Lipinski definition) is 5. The molecule has 2 aromatic rings. The van der Waals surface area contributed by atoms with E-state index in [0.29, 0.717) is 17.9 Å². The van der Waals surface area contributed by atoms with Gasteiger partial charge in [-0.15, -0.1) is 0 Å². The number of carbonyl (C=O) groups excluding carboxylic acids is 3. The van der Waals surface area contributed by atoms with Crippen molar-refractivity contribution in [2.45, 2.75) is 27.3 Å². The van der Waals surface area contributed by atoms with E-state index < -0.39 is 17.7 Å². The standard InChI is InChI=1S/C18H23N5O4/c1-4-27-15-7-5-14(6-8-15)18(26)19-10-16(24)20-21-17(25)11-23-13(3)9-12(2)22-23/h5-9H,4,10-11H2,1-3H3,(H,19,26)(H,20,24)(H,21,25). The minimum absolute atomic E-state index is 0.0154. The van der Waals surface area contributed by atoms with Crippen molar-refractivity contribution in [3.05, 3.63) is 47.3 Å². The van der Waals surface area contributed by atoms with Gasteiger partial charge in [0, 0.05) is 11.3 Å². The molecule has 27 heavy (non-hydrogen) atoms. The van der Waals surface area contributed by atoms with E-state index in [4.69, 9.17) is 4.74 Å². The Balaban J connectivity index is 1.72. The molecule has 0 fully saturated rings. The third kappa shape index (κ3) is 6.14. The molecule has 0 aliphatic rings. The van der Waals surface area contributed by atoms with Crippen LogP contribution in [-0.4, -0.2) is 40.7 Å². The van der Waals surface area contributed by atoms with Gasteiger partial charge in [-0.1, -0.05) is 0 Å². The number of benzene rings is 1. The second-order valence-electron chi connectivity index (χ2n) is 5.82. The molecular weight excluding hydrogens is 350 g/mol. The smallest absolute Gasteiger partial charge is 0.260 e. The number of nitrogens with zero attached hydrogens (tertiary/aromatic N) is 2. The van der Waals surface area contributed by atoms with Crippen LogP contribution >= 0.6 is 0 Å². The number of aryl methyl sites for hydroxylation is 2. The number of hydrogen-bond donors (Lipinski definition) is 3. The number of ether oxygens (including phenoxy) is 1. The van der Waals surface area contributed by atoms with Crippen LogP contribution in [-0.2, 0) is 16.1 Å². The van der Waals surface area contributed by atoms with Gasteiger partial charge < -0.3 is 10.1 Å². The summed E-state index contributed by atoms with van der Waals surface area (Å²) in [5.74, 6) is -0.706. The number of carbonyl (C=O) groups is 3. The summed E-state index contributed by atoms with van der Waals surface area (Å²) in [5.41, 5.74) is 6.59. The SMILES string of the molecule is CCOc1ccc(C(=O)NCC(=O)NNC(=O)Cn2nc(C)cc2C)cc1. The molecule has 3 N–H and O–H groups in total. The molecule has 3 amide bonds. The third-order valence-electron chi connectivity index (χ3n) is 3.58. The lowest BCUT2D eigenvalue weighted by Crippen LogP contribution is -2.47. The Morgan fingerprint density at radius 2 is 1.74 bits per heavy atom. The summed E-state index contributed by atoms with van der Waals surface area (Å²) in [6.07, 6.45) is 0. The fourth-order valence-electron chi connectivity index (χ4n) is 2.33. The highest BCUT2D eigenvalue weighted by Gasteiger charge is 2.10. The summed E-state index contributed by atoms with van der Waals surface area (Å²) in [5, 5.41) is 6.64. The molecular formula is C18H23N5O4. The van der Waals surface area contributed by atoms with Crippen molar-refractivity contribution in [2.24, 2.45) is 0 Å². The largest absolute Gasteiger partial charge is 0.494 e. The van der Waals surface area contributed by atoms with Crippen molar-refractivity contribution in [1.82, 2.24) is 25.9 Å². The van der Waals surface area contributed by atoms with E-state index in [1.165, 1.54) is 4.68 Å². The first-order chi connectivity index (χ1) is 12.9. The van der Waals surface area contributed by atoms with Crippen LogP contribution in [0.15, 0.2) is 30.3 Å². The van der Waals surface area contributed by atoms with Crippen molar-refractivity contribution in [3.63, 3.8) is 0 Å². The maximum atomic E-state index is 12.0. The van der Waals surface area contributed by atoms with Crippen LogP contribution in [0.1, 0.15) is 28.7 Å². The lowest BCUT2D eigenvalue weighted by molar-refractivity contribution is -0.128. The lowest BCUT2D eigenvalue weighted by atomic mass is 10.2. The molecule has 1 heterocycles. The molecule has 9 heteroatoms. The van der Waals surface area contributed by atoms with Crippen LogP contribution in [0.4, 0.5) is 0 Å². The van der Waals surface area contributed by atoms with Crippen LogP contribution < -0.4 is 20.9 Å². The van der Waals surface area contributed by atoms with Gasteiger partial charge in [-0.2, -0.15) is 5.10 Å². The first-order valence-electron chi connectivity index (χ1n) is 8.49. The van der Waals surface area contributed by atoms with Crippen LogP contribution in [0.25, 0.3) is 0 Å². The molecule has 0 aliphatic heterocycles. The fraction of sp³-hybridized carbons (Fsp3) is 0.333. The average molecular weight is 373 g/mol. The Kier molecular flexibility index (Phi) is 6.93. The monoisotopic (exact) mass is 373 g/mol. The van der Waals surface area contributed by atoms with Crippen molar-refractivity contribution in [3.8, 4) is 5.75 Å². The first-order valence-corrected chi connectivity index (χ1v) is 8.49. The van der Waals surface area contributed by atoms with Crippen molar-refractivity contribution in [2.75, 3.05) is 13.2 Å². The average Bonchev–Trinajstić information content (AvgIpc) is 2.95. The predicted molar refractivity (Wildman–Crippen MR) is 97.9 cm³/mol. The Labute approximate surface area is 157 Å². The first kappa shape index (κ1) is 20.0. The lowest BCUT2D eigenvalue weighted by Gasteiger charge is -2.09. The van der Waals surface area contributed by atoms with Gasteiger partial charge in [0.15, 0.2) is 0 Å². The minimum Gasteiger partial charge on any atom is -0.494 e. The summed E-state index contributed by atoms with van der Waals surface area (Å²) in [4.78, 5) is 35.6. The van der Waals surface area contributed by atoms with Gasteiger partial charge in [0.1, 0.15) is 12.3 Å². The van der Waals surface area contributed by atoms with Crippen molar-refractivity contribution in [1.29, 1.82) is 0 Å². The number of aromatic nitrogens is 2. The van der Waals surface area contributed by atoms with Gasteiger partial charge in [-0.25, -0.2) is 0 Å². The molecule has 9 nitrogen and oxygen atoms in total. The van der Waals surface area contributed by atoms with Gasteiger partial charge in [-0.05, 0) is 51.1 Å². The summed E-state index contributed by atoms with van der Waals surface area (Å²) >= 11 is 0. The quantitative estimate of drug-likeness (QED) is 0.611. The Bertz CT molecular complexity index is 814. The van der Waals surface area contributed by atoms with Gasteiger partial charge >= 0.3 is 0 Å². The maximum absolute atomic E-state index is 12.0. The zero-order valence-corrected chi connectivity index (χ0v) is 15.5. The maximum Gasteiger partial charge on any atom is 0.260 e. The molecule has 0 radical (unpaired) electrons. The highest BCUT2D eigenvalue weighted by molar-refractivity contribution is 5.96. The van der Waals surface area contributed by atoms with Gasteiger partial charge in [0.2, 0.25) is 0 Å².